The summed E-state index contributed by atoms with van der Waals surface area (Å²) in [6.07, 6.45) is -0.950. The molecular formula is C12H13F2NO5S. The Morgan fingerprint density at radius 3 is 2.81 bits per heavy atom. The maximum Gasteiger partial charge on any atom is 0.326 e. The van der Waals surface area contributed by atoms with Crippen LogP contribution in [0.25, 0.3) is 0 Å². The van der Waals surface area contributed by atoms with Crippen molar-refractivity contribution in [3.8, 4) is 0 Å². The lowest BCUT2D eigenvalue weighted by Crippen LogP contribution is -2.40. The highest BCUT2D eigenvalue weighted by Gasteiger charge is 2.40. The van der Waals surface area contributed by atoms with Crippen molar-refractivity contribution in [2.24, 2.45) is 0 Å². The molecule has 1 amide bonds. The fourth-order valence-electron chi connectivity index (χ4n) is 2.13. The molecule has 0 unspecified atom stereocenters. The lowest BCUT2D eigenvalue weighted by molar-refractivity contribution is -0.141. The van der Waals surface area contributed by atoms with Crippen molar-refractivity contribution in [1.29, 1.82) is 0 Å². The largest absolute Gasteiger partial charge is 0.480 e. The normalized spacial score (nSPS) is 22.0. The van der Waals surface area contributed by atoms with Crippen LogP contribution < -0.4 is 0 Å². The molecule has 0 radical (unpaired) electrons. The Labute approximate surface area is 122 Å². The minimum atomic E-state index is -2.54. The van der Waals surface area contributed by atoms with Gasteiger partial charge in [-0.05, 0) is 12.1 Å². The summed E-state index contributed by atoms with van der Waals surface area (Å²) in [4.78, 5) is 24.2. The van der Waals surface area contributed by atoms with Gasteiger partial charge in [-0.2, -0.15) is 8.78 Å². The molecule has 1 saturated heterocycles. The summed E-state index contributed by atoms with van der Waals surface area (Å²) >= 11 is 0.361. The monoisotopic (exact) mass is 321 g/mol. The third kappa shape index (κ3) is 3.73. The average molecular weight is 321 g/mol. The number of amides is 1. The van der Waals surface area contributed by atoms with E-state index < -0.39 is 29.8 Å². The summed E-state index contributed by atoms with van der Waals surface area (Å²) in [6.45, 7) is -0.0996. The summed E-state index contributed by atoms with van der Waals surface area (Å²) in [5, 5.41) is 18.5. The maximum atomic E-state index is 12.2. The zero-order valence-electron chi connectivity index (χ0n) is 10.7. The highest BCUT2D eigenvalue weighted by Crippen LogP contribution is 2.24. The molecule has 1 aromatic rings. The SMILES string of the molecule is O=C(O)[C@@H]1C[C@H](O)CN1C(=O)c1ccc(CSC(F)F)o1. The molecule has 9 heteroatoms. The minimum absolute atomic E-state index is 0.0458. The van der Waals surface area contributed by atoms with Gasteiger partial charge in [0.1, 0.15) is 11.8 Å². The van der Waals surface area contributed by atoms with Gasteiger partial charge >= 0.3 is 5.97 Å². The molecule has 1 fully saturated rings. The first kappa shape index (κ1) is 15.8. The van der Waals surface area contributed by atoms with Gasteiger partial charge in [-0.1, -0.05) is 11.8 Å². The smallest absolute Gasteiger partial charge is 0.326 e. The van der Waals surface area contributed by atoms with Crippen LogP contribution in [0.3, 0.4) is 0 Å². The number of alkyl halides is 2. The van der Waals surface area contributed by atoms with E-state index in [0.29, 0.717) is 11.8 Å². The number of thioether (sulfide) groups is 1. The topological polar surface area (TPSA) is 91.0 Å². The number of aliphatic hydroxyl groups is 1. The van der Waals surface area contributed by atoms with Crippen molar-refractivity contribution in [2.45, 2.75) is 30.1 Å². The van der Waals surface area contributed by atoms with Gasteiger partial charge in [-0.25, -0.2) is 4.79 Å². The molecule has 1 aliphatic rings. The number of carbonyl (C=O) groups is 2. The Morgan fingerprint density at radius 2 is 2.19 bits per heavy atom. The number of hydrogen-bond acceptors (Lipinski definition) is 5. The van der Waals surface area contributed by atoms with Crippen molar-refractivity contribution < 1.29 is 33.0 Å². The van der Waals surface area contributed by atoms with E-state index in [-0.39, 0.29) is 30.2 Å². The van der Waals surface area contributed by atoms with Crippen molar-refractivity contribution in [2.75, 3.05) is 6.54 Å². The number of β-amino-alcohol motifs (C(OH)–C–C–N with tert-alkyl or cyclic N) is 1. The zero-order valence-corrected chi connectivity index (χ0v) is 11.6. The van der Waals surface area contributed by atoms with Crippen LogP contribution in [-0.4, -0.2) is 51.4 Å². The van der Waals surface area contributed by atoms with Crippen LogP contribution in [0.1, 0.15) is 22.7 Å². The highest BCUT2D eigenvalue weighted by molar-refractivity contribution is 7.98. The molecule has 0 spiro atoms. The van der Waals surface area contributed by atoms with Crippen molar-refractivity contribution >= 4 is 23.6 Å². The predicted octanol–water partition coefficient (Wildman–Crippen LogP) is 1.40. The molecular weight excluding hydrogens is 308 g/mol. The zero-order chi connectivity index (χ0) is 15.6. The molecule has 2 atom stereocenters. The molecule has 6 nitrogen and oxygen atoms in total. The Bertz CT molecular complexity index is 535. The van der Waals surface area contributed by atoms with E-state index in [9.17, 15) is 23.5 Å². The van der Waals surface area contributed by atoms with Crippen LogP contribution in [-0.2, 0) is 10.5 Å². The first-order chi connectivity index (χ1) is 9.88. The Hall–Kier alpha value is -1.61. The molecule has 1 aliphatic heterocycles. The summed E-state index contributed by atoms with van der Waals surface area (Å²) in [7, 11) is 0. The molecule has 116 valence electrons. The van der Waals surface area contributed by atoms with Gasteiger partial charge in [-0.3, -0.25) is 4.79 Å². The third-order valence-electron chi connectivity index (χ3n) is 3.05. The first-order valence-corrected chi connectivity index (χ1v) is 7.13. The van der Waals surface area contributed by atoms with Gasteiger partial charge in [0.25, 0.3) is 11.7 Å². The summed E-state index contributed by atoms with van der Waals surface area (Å²) < 4.78 is 29.3. The molecule has 2 rings (SSSR count). The molecule has 21 heavy (non-hydrogen) atoms. The van der Waals surface area contributed by atoms with Crippen molar-refractivity contribution in [3.05, 3.63) is 23.7 Å². The second kappa shape index (κ2) is 6.44. The number of aliphatic hydroxyl groups excluding tert-OH is 1. The third-order valence-corrected chi connectivity index (χ3v) is 3.75. The molecule has 0 bridgehead atoms. The standard InChI is InChI=1S/C12H13F2NO5S/c13-12(14)21-5-7-1-2-9(20-7)10(17)15-4-6(16)3-8(15)11(18)19/h1-2,6,8,12,16H,3-5H2,(H,18,19)/t6-,8-/m0/s1. The molecule has 1 aromatic heterocycles. The van der Waals surface area contributed by atoms with Crippen molar-refractivity contribution in [1.82, 2.24) is 4.90 Å². The van der Waals surface area contributed by atoms with Gasteiger partial charge in [0.05, 0.1) is 11.9 Å². The van der Waals surface area contributed by atoms with E-state index >= 15 is 0 Å². The number of hydrogen-bond donors (Lipinski definition) is 2. The van der Waals surface area contributed by atoms with Gasteiger partial charge in [-0.15, -0.1) is 0 Å². The number of halogens is 2. The van der Waals surface area contributed by atoms with E-state index in [0.717, 1.165) is 4.90 Å². The number of aliphatic carboxylic acids is 1. The minimum Gasteiger partial charge on any atom is -0.480 e. The van der Waals surface area contributed by atoms with Gasteiger partial charge in [0, 0.05) is 13.0 Å². The van der Waals surface area contributed by atoms with Crippen LogP contribution >= 0.6 is 11.8 Å². The Morgan fingerprint density at radius 1 is 1.48 bits per heavy atom. The molecule has 2 heterocycles. The lowest BCUT2D eigenvalue weighted by atomic mass is 10.2. The fourth-order valence-corrected chi connectivity index (χ4v) is 2.57. The van der Waals surface area contributed by atoms with E-state index in [1.165, 1.54) is 12.1 Å². The number of carboxylic acid groups (broad SMARTS) is 1. The number of carbonyl (C=O) groups excluding carboxylic acids is 1. The van der Waals surface area contributed by atoms with E-state index in [2.05, 4.69) is 0 Å². The van der Waals surface area contributed by atoms with Crippen LogP contribution in [0.5, 0.6) is 0 Å². The molecule has 0 aromatic carbocycles. The fraction of sp³-hybridized carbons (Fsp3) is 0.500. The maximum absolute atomic E-state index is 12.2. The highest BCUT2D eigenvalue weighted by atomic mass is 32.2. The van der Waals surface area contributed by atoms with E-state index in [1.54, 1.807) is 0 Å². The average Bonchev–Trinajstić information content (AvgIpc) is 3.02. The van der Waals surface area contributed by atoms with Crippen LogP contribution in [0.15, 0.2) is 16.5 Å². The molecule has 0 aliphatic carbocycles. The summed E-state index contributed by atoms with van der Waals surface area (Å²) in [5.41, 5.74) is 0. The van der Waals surface area contributed by atoms with E-state index in [1.807, 2.05) is 0 Å². The number of furan rings is 1. The molecule has 2 N–H and O–H groups in total. The first-order valence-electron chi connectivity index (χ1n) is 6.08. The van der Waals surface area contributed by atoms with Gasteiger partial charge in [0.15, 0.2) is 5.76 Å². The van der Waals surface area contributed by atoms with Crippen LogP contribution in [0.4, 0.5) is 8.78 Å². The molecule has 0 saturated carbocycles. The van der Waals surface area contributed by atoms with Gasteiger partial charge in [0.2, 0.25) is 0 Å². The summed E-state index contributed by atoms with van der Waals surface area (Å²) in [5.74, 6) is -4.43. The second-order valence-corrected chi connectivity index (χ2v) is 5.52. The van der Waals surface area contributed by atoms with Crippen LogP contribution in [0.2, 0.25) is 0 Å². The predicted molar refractivity (Wildman–Crippen MR) is 69.1 cm³/mol. The van der Waals surface area contributed by atoms with Crippen molar-refractivity contribution in [3.63, 3.8) is 0 Å². The number of carboxylic acids is 1. The van der Waals surface area contributed by atoms with E-state index in [4.69, 9.17) is 9.52 Å². The Balaban J connectivity index is 2.07. The van der Waals surface area contributed by atoms with Gasteiger partial charge < -0.3 is 19.5 Å². The number of nitrogens with zero attached hydrogens (tertiary/aromatic N) is 1. The quantitative estimate of drug-likeness (QED) is 0.852. The number of rotatable bonds is 5. The number of likely N-dealkylation sites (tertiary alicyclic amines) is 1. The second-order valence-electron chi connectivity index (χ2n) is 4.54. The summed E-state index contributed by atoms with van der Waals surface area (Å²) in [6, 6.07) is 1.59. The van der Waals surface area contributed by atoms with Crippen LogP contribution in [0, 0.1) is 0 Å². The Kier molecular flexibility index (Phi) is 4.84. The lowest BCUT2D eigenvalue weighted by Gasteiger charge is -2.19.